The van der Waals surface area contributed by atoms with Gasteiger partial charge in [-0.05, 0) is 26.7 Å². The van der Waals surface area contributed by atoms with Crippen LogP contribution < -0.4 is 11.1 Å². The van der Waals surface area contributed by atoms with E-state index in [4.69, 9.17) is 10.5 Å². The average Bonchev–Trinajstić information content (AvgIpc) is 2.80. The molecule has 0 bridgehead atoms. The molecule has 116 valence electrons. The standard InChI is InChI=1S/C13H21N5O3/c1-3-21-13(20)18-6-4-9(5-7-18)15-12(19)11-10(14)8(2)16-17-11/h9H,3-7,14H2,1-2H3,(H,15,19)(H,16,17). The lowest BCUT2D eigenvalue weighted by Crippen LogP contribution is -2.46. The van der Waals surface area contributed by atoms with Crippen molar-refractivity contribution in [2.24, 2.45) is 0 Å². The third-order valence-electron chi connectivity index (χ3n) is 3.57. The fourth-order valence-electron chi connectivity index (χ4n) is 2.29. The minimum Gasteiger partial charge on any atom is -0.450 e. The number of nitrogens with zero attached hydrogens (tertiary/aromatic N) is 2. The predicted octanol–water partition coefficient (Wildman–Crippen LogP) is 0.651. The molecule has 0 radical (unpaired) electrons. The van der Waals surface area contributed by atoms with Crippen molar-refractivity contribution in [2.75, 3.05) is 25.4 Å². The van der Waals surface area contributed by atoms with Gasteiger partial charge in [0, 0.05) is 19.1 Å². The van der Waals surface area contributed by atoms with Crippen molar-refractivity contribution in [3.8, 4) is 0 Å². The summed E-state index contributed by atoms with van der Waals surface area (Å²) in [4.78, 5) is 25.3. The van der Waals surface area contributed by atoms with Crippen LogP contribution >= 0.6 is 0 Å². The largest absolute Gasteiger partial charge is 0.450 e. The summed E-state index contributed by atoms with van der Waals surface area (Å²) >= 11 is 0. The maximum atomic E-state index is 12.1. The summed E-state index contributed by atoms with van der Waals surface area (Å²) in [6.45, 7) is 5.04. The molecule has 1 aromatic rings. The van der Waals surface area contributed by atoms with Crippen LogP contribution in [0.1, 0.15) is 35.9 Å². The van der Waals surface area contributed by atoms with Crippen LogP contribution in [0, 0.1) is 6.92 Å². The third-order valence-corrected chi connectivity index (χ3v) is 3.57. The predicted molar refractivity (Wildman–Crippen MR) is 76.8 cm³/mol. The molecule has 21 heavy (non-hydrogen) atoms. The van der Waals surface area contributed by atoms with Crippen molar-refractivity contribution < 1.29 is 14.3 Å². The number of aromatic amines is 1. The molecule has 2 rings (SSSR count). The number of hydrogen-bond acceptors (Lipinski definition) is 5. The number of hydrogen-bond donors (Lipinski definition) is 3. The summed E-state index contributed by atoms with van der Waals surface area (Å²) in [5, 5.41) is 9.49. The van der Waals surface area contributed by atoms with Crippen molar-refractivity contribution in [1.82, 2.24) is 20.4 Å². The highest BCUT2D eigenvalue weighted by Crippen LogP contribution is 2.15. The summed E-state index contributed by atoms with van der Waals surface area (Å²) in [6, 6.07) is 0.0135. The minimum atomic E-state index is -0.297. The van der Waals surface area contributed by atoms with Crippen molar-refractivity contribution in [1.29, 1.82) is 0 Å². The number of amides is 2. The van der Waals surface area contributed by atoms with Crippen molar-refractivity contribution >= 4 is 17.7 Å². The smallest absolute Gasteiger partial charge is 0.409 e. The zero-order valence-corrected chi connectivity index (χ0v) is 12.3. The highest BCUT2D eigenvalue weighted by molar-refractivity contribution is 5.97. The van der Waals surface area contributed by atoms with Crippen molar-refractivity contribution in [3.63, 3.8) is 0 Å². The molecule has 4 N–H and O–H groups in total. The topological polar surface area (TPSA) is 113 Å². The highest BCUT2D eigenvalue weighted by atomic mass is 16.6. The summed E-state index contributed by atoms with van der Waals surface area (Å²) < 4.78 is 4.95. The molecular formula is C13H21N5O3. The fourth-order valence-corrected chi connectivity index (χ4v) is 2.29. The Morgan fingerprint density at radius 3 is 2.67 bits per heavy atom. The first-order chi connectivity index (χ1) is 10.0. The number of rotatable bonds is 3. The Labute approximate surface area is 123 Å². The van der Waals surface area contributed by atoms with Gasteiger partial charge in [-0.2, -0.15) is 5.10 Å². The summed E-state index contributed by atoms with van der Waals surface area (Å²) in [6.07, 6.45) is 1.08. The van der Waals surface area contributed by atoms with Gasteiger partial charge in [0.15, 0.2) is 5.69 Å². The number of carbonyl (C=O) groups excluding carboxylic acids is 2. The van der Waals surface area contributed by atoms with E-state index in [1.165, 1.54) is 0 Å². The van der Waals surface area contributed by atoms with Crippen LogP contribution in [0.15, 0.2) is 0 Å². The molecule has 1 saturated heterocycles. The number of aryl methyl sites for hydroxylation is 1. The van der Waals surface area contributed by atoms with Gasteiger partial charge >= 0.3 is 6.09 Å². The Morgan fingerprint density at radius 1 is 1.48 bits per heavy atom. The molecule has 1 fully saturated rings. The lowest BCUT2D eigenvalue weighted by atomic mass is 10.1. The first kappa shape index (κ1) is 15.1. The number of ether oxygens (including phenoxy) is 1. The molecule has 0 unspecified atom stereocenters. The second-order valence-corrected chi connectivity index (χ2v) is 5.04. The first-order valence-electron chi connectivity index (χ1n) is 7.06. The molecule has 0 atom stereocenters. The zero-order valence-electron chi connectivity index (χ0n) is 12.3. The van der Waals surface area contributed by atoms with Crippen molar-refractivity contribution in [2.45, 2.75) is 32.7 Å². The molecule has 0 saturated carbocycles. The number of carbonyl (C=O) groups is 2. The second kappa shape index (κ2) is 6.47. The van der Waals surface area contributed by atoms with Crippen molar-refractivity contribution in [3.05, 3.63) is 11.4 Å². The van der Waals surface area contributed by atoms with Crippen LogP contribution in [0.4, 0.5) is 10.5 Å². The fraction of sp³-hybridized carbons (Fsp3) is 0.615. The summed E-state index contributed by atoms with van der Waals surface area (Å²) in [5.41, 5.74) is 7.05. The number of anilines is 1. The molecule has 1 aliphatic heterocycles. The SMILES string of the molecule is CCOC(=O)N1CCC(NC(=O)c2n[nH]c(C)c2N)CC1. The monoisotopic (exact) mass is 295 g/mol. The van der Waals surface area contributed by atoms with E-state index in [2.05, 4.69) is 15.5 Å². The van der Waals surface area contributed by atoms with Gasteiger partial charge in [0.25, 0.3) is 5.91 Å². The van der Waals surface area contributed by atoms with Crippen LogP contribution in [-0.2, 0) is 4.74 Å². The van der Waals surface area contributed by atoms with E-state index < -0.39 is 0 Å². The molecule has 1 aromatic heterocycles. The number of nitrogens with one attached hydrogen (secondary N) is 2. The number of H-pyrrole nitrogens is 1. The number of nitrogens with two attached hydrogens (primary N) is 1. The number of piperidine rings is 1. The molecule has 1 aliphatic rings. The van der Waals surface area contributed by atoms with Crippen LogP contribution in [0.25, 0.3) is 0 Å². The van der Waals surface area contributed by atoms with Gasteiger partial charge < -0.3 is 20.7 Å². The van der Waals surface area contributed by atoms with E-state index in [0.29, 0.717) is 43.9 Å². The Hall–Kier alpha value is -2.25. The maximum Gasteiger partial charge on any atom is 0.409 e. The van der Waals surface area contributed by atoms with E-state index >= 15 is 0 Å². The zero-order chi connectivity index (χ0) is 15.4. The van der Waals surface area contributed by atoms with Gasteiger partial charge in [-0.1, -0.05) is 0 Å². The van der Waals surface area contributed by atoms with Gasteiger partial charge in [-0.3, -0.25) is 9.89 Å². The molecule has 2 amide bonds. The van der Waals surface area contributed by atoms with E-state index in [1.54, 1.807) is 18.7 Å². The lowest BCUT2D eigenvalue weighted by Gasteiger charge is -2.31. The van der Waals surface area contributed by atoms with E-state index in [-0.39, 0.29) is 23.7 Å². The van der Waals surface area contributed by atoms with Gasteiger partial charge in [-0.15, -0.1) is 0 Å². The molecule has 0 aliphatic carbocycles. The van der Waals surface area contributed by atoms with Crippen LogP contribution in [-0.4, -0.2) is 52.8 Å². The number of likely N-dealkylation sites (tertiary alicyclic amines) is 1. The van der Waals surface area contributed by atoms with Crippen LogP contribution in [0.2, 0.25) is 0 Å². The second-order valence-electron chi connectivity index (χ2n) is 5.04. The maximum absolute atomic E-state index is 12.1. The Balaban J connectivity index is 1.85. The Kier molecular flexibility index (Phi) is 4.66. The first-order valence-corrected chi connectivity index (χ1v) is 7.06. The quantitative estimate of drug-likeness (QED) is 0.757. The van der Waals surface area contributed by atoms with Crippen LogP contribution in [0.3, 0.4) is 0 Å². The van der Waals surface area contributed by atoms with Gasteiger partial charge in [0.1, 0.15) is 0 Å². The van der Waals surface area contributed by atoms with Gasteiger partial charge in [0.2, 0.25) is 0 Å². The van der Waals surface area contributed by atoms with E-state index in [9.17, 15) is 9.59 Å². The normalized spacial score (nSPS) is 15.8. The molecule has 8 heteroatoms. The molecule has 0 aromatic carbocycles. The van der Waals surface area contributed by atoms with Gasteiger partial charge in [-0.25, -0.2) is 4.79 Å². The summed E-state index contributed by atoms with van der Waals surface area (Å²) in [7, 11) is 0. The van der Waals surface area contributed by atoms with E-state index in [1.807, 2.05) is 0 Å². The minimum absolute atomic E-state index is 0.0135. The molecule has 0 spiro atoms. The molecular weight excluding hydrogens is 274 g/mol. The summed E-state index contributed by atoms with van der Waals surface area (Å²) in [5.74, 6) is -0.286. The van der Waals surface area contributed by atoms with E-state index in [0.717, 1.165) is 0 Å². The number of aromatic nitrogens is 2. The Morgan fingerprint density at radius 2 is 2.14 bits per heavy atom. The molecule has 8 nitrogen and oxygen atoms in total. The van der Waals surface area contributed by atoms with Gasteiger partial charge in [0.05, 0.1) is 18.0 Å². The Bertz CT molecular complexity index is 520. The molecule has 2 heterocycles. The third kappa shape index (κ3) is 3.45. The van der Waals surface area contributed by atoms with Crippen LogP contribution in [0.5, 0.6) is 0 Å². The lowest BCUT2D eigenvalue weighted by molar-refractivity contribution is 0.0857. The average molecular weight is 295 g/mol. The highest BCUT2D eigenvalue weighted by Gasteiger charge is 2.26. The number of nitrogen functional groups attached to an aromatic ring is 1.